The van der Waals surface area contributed by atoms with Gasteiger partial charge in [-0.15, -0.1) is 0 Å². The maximum absolute atomic E-state index is 13.4. The van der Waals surface area contributed by atoms with Gasteiger partial charge in [0.1, 0.15) is 12.1 Å². The van der Waals surface area contributed by atoms with Crippen molar-refractivity contribution in [3.8, 4) is 5.69 Å². The van der Waals surface area contributed by atoms with Gasteiger partial charge in [0.15, 0.2) is 0 Å². The number of para-hydroxylation sites is 1. The fourth-order valence-electron chi connectivity index (χ4n) is 3.83. The van der Waals surface area contributed by atoms with Crippen LogP contribution in [-0.2, 0) is 17.9 Å². The second-order valence-corrected chi connectivity index (χ2v) is 7.99. The smallest absolute Gasteiger partial charge is 0.293 e. The van der Waals surface area contributed by atoms with E-state index < -0.39 is 0 Å². The van der Waals surface area contributed by atoms with Gasteiger partial charge in [-0.1, -0.05) is 48.5 Å². The number of rotatable bonds is 6. The highest BCUT2D eigenvalue weighted by Gasteiger charge is 2.30. The number of fused-ring (bicyclic) bond motifs is 1. The van der Waals surface area contributed by atoms with Gasteiger partial charge < -0.3 is 5.32 Å². The number of nitrogens with zero attached hydrogens (tertiary/aromatic N) is 4. The van der Waals surface area contributed by atoms with E-state index >= 15 is 0 Å². The third-order valence-corrected chi connectivity index (χ3v) is 5.64. The van der Waals surface area contributed by atoms with Crippen LogP contribution in [0.2, 0.25) is 0 Å². The van der Waals surface area contributed by atoms with Crippen LogP contribution in [0.25, 0.3) is 16.6 Å². The Morgan fingerprint density at radius 1 is 1.10 bits per heavy atom. The van der Waals surface area contributed by atoms with Crippen molar-refractivity contribution in [1.82, 2.24) is 24.9 Å². The molecule has 4 aromatic rings. The van der Waals surface area contributed by atoms with Crippen LogP contribution < -0.4 is 10.9 Å². The molecule has 0 atom stereocenters. The topological polar surface area (TPSA) is 81.8 Å². The molecule has 7 nitrogen and oxygen atoms in total. The molecule has 156 valence electrons. The molecule has 7 heteroatoms. The maximum Gasteiger partial charge on any atom is 0.293 e. The van der Waals surface area contributed by atoms with Gasteiger partial charge in [-0.2, -0.15) is 10.2 Å². The molecule has 2 aromatic carbocycles. The maximum atomic E-state index is 13.4. The lowest BCUT2D eigenvalue weighted by Crippen LogP contribution is -2.34. The molecule has 0 radical (unpaired) electrons. The van der Waals surface area contributed by atoms with Crippen molar-refractivity contribution in [3.05, 3.63) is 88.0 Å². The summed E-state index contributed by atoms with van der Waals surface area (Å²) in [6.45, 7) is 2.27. The second kappa shape index (κ2) is 7.83. The highest BCUT2D eigenvalue weighted by molar-refractivity contribution is 5.83. The molecule has 5 rings (SSSR count). The van der Waals surface area contributed by atoms with E-state index in [1.807, 2.05) is 61.5 Å². The lowest BCUT2D eigenvalue weighted by molar-refractivity contribution is -0.122. The predicted molar refractivity (Wildman–Crippen MR) is 118 cm³/mol. The summed E-state index contributed by atoms with van der Waals surface area (Å²) in [4.78, 5) is 25.9. The molecule has 1 fully saturated rings. The third kappa shape index (κ3) is 3.74. The van der Waals surface area contributed by atoms with Crippen molar-refractivity contribution in [2.24, 2.45) is 0 Å². The van der Waals surface area contributed by atoms with Crippen LogP contribution >= 0.6 is 0 Å². The number of aromatic nitrogens is 4. The van der Waals surface area contributed by atoms with E-state index in [-0.39, 0.29) is 18.0 Å². The number of benzene rings is 2. The number of nitrogens with one attached hydrogen (secondary N) is 1. The van der Waals surface area contributed by atoms with E-state index in [0.29, 0.717) is 18.0 Å². The molecule has 31 heavy (non-hydrogen) atoms. The fourth-order valence-corrected chi connectivity index (χ4v) is 3.83. The summed E-state index contributed by atoms with van der Waals surface area (Å²) in [5, 5.41) is 12.7. The zero-order chi connectivity index (χ0) is 21.4. The SMILES string of the molecule is Cc1ccccc1-n1ncc2c(C3CC3)nn(CC(=O)NCc3ccccc3)c(=O)c21. The number of aryl methyl sites for hydroxylation is 1. The highest BCUT2D eigenvalue weighted by Crippen LogP contribution is 2.41. The molecular weight excluding hydrogens is 390 g/mol. The summed E-state index contributed by atoms with van der Waals surface area (Å²) in [6, 6.07) is 17.5. The molecule has 0 saturated heterocycles. The Morgan fingerprint density at radius 2 is 1.84 bits per heavy atom. The van der Waals surface area contributed by atoms with Gasteiger partial charge in [0.25, 0.3) is 5.56 Å². The minimum Gasteiger partial charge on any atom is -0.350 e. The molecule has 1 N–H and O–H groups in total. The molecule has 0 bridgehead atoms. The van der Waals surface area contributed by atoms with E-state index in [0.717, 1.165) is 40.7 Å². The number of hydrogen-bond donors (Lipinski definition) is 1. The first-order valence-corrected chi connectivity index (χ1v) is 10.5. The Hall–Kier alpha value is -3.74. The predicted octanol–water partition coefficient (Wildman–Crippen LogP) is 3.08. The number of carbonyl (C=O) groups is 1. The quantitative estimate of drug-likeness (QED) is 0.527. The van der Waals surface area contributed by atoms with Crippen LogP contribution in [-0.4, -0.2) is 25.5 Å². The van der Waals surface area contributed by atoms with Crippen LogP contribution in [0, 0.1) is 6.92 Å². The minimum absolute atomic E-state index is 0.125. The molecule has 2 aromatic heterocycles. The van der Waals surface area contributed by atoms with Crippen molar-refractivity contribution in [3.63, 3.8) is 0 Å². The number of amides is 1. The molecule has 0 spiro atoms. The highest BCUT2D eigenvalue weighted by atomic mass is 16.2. The molecular formula is C24H23N5O2. The molecule has 1 aliphatic rings. The molecule has 2 heterocycles. The van der Waals surface area contributed by atoms with E-state index in [4.69, 9.17) is 0 Å². The lowest BCUT2D eigenvalue weighted by atomic mass is 10.2. The summed E-state index contributed by atoms with van der Waals surface area (Å²) in [5.74, 6) is 0.0674. The third-order valence-electron chi connectivity index (χ3n) is 5.64. The first kappa shape index (κ1) is 19.2. The van der Waals surface area contributed by atoms with Crippen LogP contribution in [0.3, 0.4) is 0 Å². The van der Waals surface area contributed by atoms with Crippen LogP contribution in [0.1, 0.15) is 35.6 Å². The van der Waals surface area contributed by atoms with Crippen LogP contribution in [0.5, 0.6) is 0 Å². The van der Waals surface area contributed by atoms with Gasteiger partial charge in [0.05, 0.1) is 17.6 Å². The zero-order valence-corrected chi connectivity index (χ0v) is 17.3. The molecule has 1 aliphatic carbocycles. The van der Waals surface area contributed by atoms with Crippen LogP contribution in [0.4, 0.5) is 0 Å². The van der Waals surface area contributed by atoms with Crippen LogP contribution in [0.15, 0.2) is 65.6 Å². The van der Waals surface area contributed by atoms with Gasteiger partial charge in [0.2, 0.25) is 5.91 Å². The first-order chi connectivity index (χ1) is 15.1. The molecule has 1 amide bonds. The first-order valence-electron chi connectivity index (χ1n) is 10.5. The van der Waals surface area contributed by atoms with E-state index in [1.54, 1.807) is 10.9 Å². The van der Waals surface area contributed by atoms with E-state index in [1.165, 1.54) is 4.68 Å². The van der Waals surface area contributed by atoms with Gasteiger partial charge in [-0.25, -0.2) is 9.36 Å². The Morgan fingerprint density at radius 3 is 2.58 bits per heavy atom. The summed E-state index contributed by atoms with van der Waals surface area (Å²) in [6.07, 6.45) is 3.80. The van der Waals surface area contributed by atoms with Crippen molar-refractivity contribution in [1.29, 1.82) is 0 Å². The van der Waals surface area contributed by atoms with Gasteiger partial charge in [0, 0.05) is 17.8 Å². The average molecular weight is 413 g/mol. The summed E-state index contributed by atoms with van der Waals surface area (Å²) in [5.41, 5.74) is 3.89. The average Bonchev–Trinajstić information content (AvgIpc) is 3.53. The normalized spacial score (nSPS) is 13.5. The second-order valence-electron chi connectivity index (χ2n) is 7.99. The minimum atomic E-state index is -0.310. The number of carbonyl (C=O) groups excluding carboxylic acids is 1. The van der Waals surface area contributed by atoms with Crippen molar-refractivity contribution in [2.45, 2.75) is 38.8 Å². The van der Waals surface area contributed by atoms with Gasteiger partial charge in [-0.05, 0) is 37.0 Å². The van der Waals surface area contributed by atoms with Gasteiger partial charge >= 0.3 is 0 Å². The monoisotopic (exact) mass is 413 g/mol. The standard InChI is InChI=1S/C24H23N5O2/c1-16-7-5-6-10-20(16)29-23-19(14-26-29)22(18-11-12-18)27-28(24(23)31)15-21(30)25-13-17-8-3-2-4-9-17/h2-10,14,18H,11-13,15H2,1H3,(H,25,30). The van der Waals surface area contributed by atoms with E-state index in [2.05, 4.69) is 15.5 Å². The van der Waals surface area contributed by atoms with E-state index in [9.17, 15) is 9.59 Å². The van der Waals surface area contributed by atoms with Gasteiger partial charge in [-0.3, -0.25) is 9.59 Å². The molecule has 0 aliphatic heterocycles. The number of hydrogen-bond acceptors (Lipinski definition) is 4. The molecule has 1 saturated carbocycles. The Kier molecular flexibility index (Phi) is 4.86. The Balaban J connectivity index is 1.52. The lowest BCUT2D eigenvalue weighted by Gasteiger charge is -2.11. The molecule has 0 unspecified atom stereocenters. The Bertz CT molecular complexity index is 1320. The zero-order valence-electron chi connectivity index (χ0n) is 17.3. The Labute approximate surface area is 179 Å². The summed E-state index contributed by atoms with van der Waals surface area (Å²) < 4.78 is 2.96. The largest absolute Gasteiger partial charge is 0.350 e. The fraction of sp³-hybridized carbons (Fsp3) is 0.250. The van der Waals surface area contributed by atoms with Crippen molar-refractivity contribution < 1.29 is 4.79 Å². The van der Waals surface area contributed by atoms with Crippen molar-refractivity contribution >= 4 is 16.8 Å². The van der Waals surface area contributed by atoms with Crippen molar-refractivity contribution in [2.75, 3.05) is 0 Å². The summed E-state index contributed by atoms with van der Waals surface area (Å²) in [7, 11) is 0. The summed E-state index contributed by atoms with van der Waals surface area (Å²) >= 11 is 0.